The lowest BCUT2D eigenvalue weighted by molar-refractivity contribution is 0.459. The van der Waals surface area contributed by atoms with Gasteiger partial charge in [0.2, 0.25) is 0 Å². The van der Waals surface area contributed by atoms with E-state index in [4.69, 9.17) is 4.42 Å². The second-order valence-electron chi connectivity index (χ2n) is 5.31. The maximum absolute atomic E-state index is 5.79. The summed E-state index contributed by atoms with van der Waals surface area (Å²) < 4.78 is 5.79. The average molecular weight is 221 g/mol. The van der Waals surface area contributed by atoms with E-state index in [0.717, 1.165) is 37.1 Å². The fourth-order valence-corrected chi connectivity index (χ4v) is 2.16. The summed E-state index contributed by atoms with van der Waals surface area (Å²) in [4.78, 5) is 0. The molecule has 0 bridgehead atoms. The Kier molecular flexibility index (Phi) is 3.70. The molecule has 16 heavy (non-hydrogen) atoms. The SMILES string of the molecule is CCc1ccc(C2CC2CNCC(C)C)o1. The molecule has 2 nitrogen and oxygen atoms in total. The van der Waals surface area contributed by atoms with Gasteiger partial charge in [-0.3, -0.25) is 0 Å². The van der Waals surface area contributed by atoms with Crippen molar-refractivity contribution in [2.24, 2.45) is 11.8 Å². The third kappa shape index (κ3) is 2.88. The van der Waals surface area contributed by atoms with Crippen molar-refractivity contribution in [1.82, 2.24) is 5.32 Å². The Bertz CT molecular complexity index is 329. The second-order valence-corrected chi connectivity index (χ2v) is 5.31. The van der Waals surface area contributed by atoms with E-state index in [1.54, 1.807) is 0 Å². The Morgan fingerprint density at radius 2 is 2.25 bits per heavy atom. The van der Waals surface area contributed by atoms with Crippen LogP contribution < -0.4 is 5.32 Å². The summed E-state index contributed by atoms with van der Waals surface area (Å²) >= 11 is 0. The van der Waals surface area contributed by atoms with Gasteiger partial charge in [-0.05, 0) is 43.5 Å². The molecular weight excluding hydrogens is 198 g/mol. The zero-order valence-corrected chi connectivity index (χ0v) is 10.6. The third-order valence-corrected chi connectivity index (χ3v) is 3.28. The molecular formula is C14H23NO. The molecule has 2 atom stereocenters. The summed E-state index contributed by atoms with van der Waals surface area (Å²) in [5, 5.41) is 3.53. The molecule has 1 aliphatic carbocycles. The molecule has 0 aromatic carbocycles. The fraction of sp³-hybridized carbons (Fsp3) is 0.714. The largest absolute Gasteiger partial charge is 0.466 e. The van der Waals surface area contributed by atoms with Crippen LogP contribution in [0.4, 0.5) is 0 Å². The minimum atomic E-state index is 0.681. The van der Waals surface area contributed by atoms with Crippen LogP contribution in [0.5, 0.6) is 0 Å². The first-order valence-electron chi connectivity index (χ1n) is 6.50. The molecule has 1 heterocycles. The highest BCUT2D eigenvalue weighted by Gasteiger charge is 2.40. The molecule has 1 aromatic rings. The van der Waals surface area contributed by atoms with Crippen molar-refractivity contribution < 1.29 is 4.42 Å². The van der Waals surface area contributed by atoms with Crippen LogP contribution in [0.15, 0.2) is 16.5 Å². The zero-order chi connectivity index (χ0) is 11.5. The van der Waals surface area contributed by atoms with Gasteiger partial charge in [-0.15, -0.1) is 0 Å². The highest BCUT2D eigenvalue weighted by Crippen LogP contribution is 2.47. The summed E-state index contributed by atoms with van der Waals surface area (Å²) in [6, 6.07) is 4.28. The molecule has 2 rings (SSSR count). The van der Waals surface area contributed by atoms with E-state index < -0.39 is 0 Å². The number of aryl methyl sites for hydroxylation is 1. The van der Waals surface area contributed by atoms with E-state index in [0.29, 0.717) is 5.92 Å². The predicted molar refractivity (Wildman–Crippen MR) is 66.6 cm³/mol. The highest BCUT2D eigenvalue weighted by molar-refractivity contribution is 5.18. The van der Waals surface area contributed by atoms with Crippen LogP contribution in [0.2, 0.25) is 0 Å². The van der Waals surface area contributed by atoms with Crippen LogP contribution in [-0.2, 0) is 6.42 Å². The minimum absolute atomic E-state index is 0.681. The molecule has 2 heteroatoms. The van der Waals surface area contributed by atoms with Gasteiger partial charge in [0.25, 0.3) is 0 Å². The van der Waals surface area contributed by atoms with E-state index in [1.165, 1.54) is 12.2 Å². The Hall–Kier alpha value is -0.760. The average Bonchev–Trinajstić information content (AvgIpc) is 2.86. The van der Waals surface area contributed by atoms with Gasteiger partial charge in [0, 0.05) is 12.3 Å². The van der Waals surface area contributed by atoms with Crippen LogP contribution in [0, 0.1) is 11.8 Å². The minimum Gasteiger partial charge on any atom is -0.466 e. The van der Waals surface area contributed by atoms with E-state index in [2.05, 4.69) is 38.2 Å². The number of rotatable bonds is 6. The summed E-state index contributed by atoms with van der Waals surface area (Å²) in [6.45, 7) is 8.90. The van der Waals surface area contributed by atoms with Crippen LogP contribution in [-0.4, -0.2) is 13.1 Å². The molecule has 0 spiro atoms. The van der Waals surface area contributed by atoms with Crippen molar-refractivity contribution in [1.29, 1.82) is 0 Å². The van der Waals surface area contributed by atoms with Crippen molar-refractivity contribution in [3.63, 3.8) is 0 Å². The van der Waals surface area contributed by atoms with Crippen molar-refractivity contribution in [3.8, 4) is 0 Å². The Balaban J connectivity index is 1.74. The van der Waals surface area contributed by atoms with Crippen molar-refractivity contribution in [3.05, 3.63) is 23.7 Å². The Morgan fingerprint density at radius 1 is 1.44 bits per heavy atom. The molecule has 1 aliphatic rings. The van der Waals surface area contributed by atoms with Crippen molar-refractivity contribution >= 4 is 0 Å². The molecule has 1 fully saturated rings. The summed E-state index contributed by atoms with van der Waals surface area (Å²) in [6.07, 6.45) is 2.30. The van der Waals surface area contributed by atoms with Crippen LogP contribution >= 0.6 is 0 Å². The van der Waals surface area contributed by atoms with Gasteiger partial charge < -0.3 is 9.73 Å². The van der Waals surface area contributed by atoms with E-state index >= 15 is 0 Å². The monoisotopic (exact) mass is 221 g/mol. The third-order valence-electron chi connectivity index (χ3n) is 3.28. The van der Waals surface area contributed by atoms with E-state index in [-0.39, 0.29) is 0 Å². The first-order valence-corrected chi connectivity index (χ1v) is 6.50. The molecule has 1 saturated carbocycles. The maximum atomic E-state index is 5.79. The lowest BCUT2D eigenvalue weighted by Crippen LogP contribution is -2.22. The molecule has 1 aromatic heterocycles. The van der Waals surface area contributed by atoms with Crippen LogP contribution in [0.3, 0.4) is 0 Å². The molecule has 0 amide bonds. The second kappa shape index (κ2) is 5.05. The van der Waals surface area contributed by atoms with Gasteiger partial charge in [-0.25, -0.2) is 0 Å². The molecule has 0 aliphatic heterocycles. The van der Waals surface area contributed by atoms with Crippen molar-refractivity contribution in [2.75, 3.05) is 13.1 Å². The molecule has 90 valence electrons. The van der Waals surface area contributed by atoms with Crippen molar-refractivity contribution in [2.45, 2.75) is 39.5 Å². The quantitative estimate of drug-likeness (QED) is 0.798. The van der Waals surface area contributed by atoms with E-state index in [1.807, 2.05) is 0 Å². The highest BCUT2D eigenvalue weighted by atomic mass is 16.3. The summed E-state index contributed by atoms with van der Waals surface area (Å²) in [5.74, 6) is 4.55. The Morgan fingerprint density at radius 3 is 2.88 bits per heavy atom. The number of hydrogen-bond acceptors (Lipinski definition) is 2. The van der Waals surface area contributed by atoms with Gasteiger partial charge in [0.1, 0.15) is 11.5 Å². The van der Waals surface area contributed by atoms with Gasteiger partial charge in [-0.2, -0.15) is 0 Å². The lowest BCUT2D eigenvalue weighted by Gasteiger charge is -2.06. The fourth-order valence-electron chi connectivity index (χ4n) is 2.16. The standard InChI is InChI=1S/C14H23NO/c1-4-12-5-6-14(16-12)13-7-11(13)9-15-8-10(2)3/h5-6,10-11,13,15H,4,7-9H2,1-3H3. The van der Waals surface area contributed by atoms with Crippen LogP contribution in [0.25, 0.3) is 0 Å². The predicted octanol–water partition coefficient (Wildman–Crippen LogP) is 3.19. The first kappa shape index (κ1) is 11.7. The Labute approximate surface area is 98.4 Å². The summed E-state index contributed by atoms with van der Waals surface area (Å²) in [5.41, 5.74) is 0. The van der Waals surface area contributed by atoms with Gasteiger partial charge in [-0.1, -0.05) is 20.8 Å². The molecule has 0 saturated heterocycles. The smallest absolute Gasteiger partial charge is 0.107 e. The first-order chi connectivity index (χ1) is 7.70. The topological polar surface area (TPSA) is 25.2 Å². The summed E-state index contributed by atoms with van der Waals surface area (Å²) in [7, 11) is 0. The van der Waals surface area contributed by atoms with Gasteiger partial charge in [0.15, 0.2) is 0 Å². The lowest BCUT2D eigenvalue weighted by atomic mass is 10.2. The molecule has 1 N–H and O–H groups in total. The van der Waals surface area contributed by atoms with E-state index in [9.17, 15) is 0 Å². The maximum Gasteiger partial charge on any atom is 0.107 e. The number of furan rings is 1. The zero-order valence-electron chi connectivity index (χ0n) is 10.6. The number of hydrogen-bond donors (Lipinski definition) is 1. The van der Waals surface area contributed by atoms with Crippen LogP contribution in [0.1, 0.15) is 44.6 Å². The molecule has 2 unspecified atom stereocenters. The normalized spacial score (nSPS) is 24.0. The number of nitrogens with one attached hydrogen (secondary N) is 1. The molecule has 0 radical (unpaired) electrons. The van der Waals surface area contributed by atoms with Gasteiger partial charge >= 0.3 is 0 Å². The van der Waals surface area contributed by atoms with Gasteiger partial charge in [0.05, 0.1) is 0 Å².